The largest absolute Gasteiger partial charge is 0.339 e. The lowest BCUT2D eigenvalue weighted by Crippen LogP contribution is -2.38. The van der Waals surface area contributed by atoms with E-state index in [-0.39, 0.29) is 21.3 Å². The summed E-state index contributed by atoms with van der Waals surface area (Å²) in [4.78, 5) is 19.8. The van der Waals surface area contributed by atoms with Gasteiger partial charge in [0.25, 0.3) is 5.91 Å². The van der Waals surface area contributed by atoms with Gasteiger partial charge in [-0.3, -0.25) is 9.78 Å². The number of rotatable bonds is 4. The Bertz CT molecular complexity index is 1210. The molecular weight excluding hydrogens is 408 g/mol. The lowest BCUT2D eigenvalue weighted by molar-refractivity contribution is 0.0693. The van der Waals surface area contributed by atoms with E-state index in [0.717, 1.165) is 18.4 Å². The van der Waals surface area contributed by atoms with Crippen molar-refractivity contribution in [1.29, 1.82) is 0 Å². The van der Waals surface area contributed by atoms with Crippen molar-refractivity contribution in [2.45, 2.75) is 49.3 Å². The van der Waals surface area contributed by atoms with Gasteiger partial charge >= 0.3 is 0 Å². The highest BCUT2D eigenvalue weighted by Crippen LogP contribution is 2.32. The van der Waals surface area contributed by atoms with E-state index in [2.05, 4.69) is 25.8 Å². The summed E-state index contributed by atoms with van der Waals surface area (Å²) in [6, 6.07) is 14.1. The second kappa shape index (κ2) is 8.42. The fourth-order valence-electron chi connectivity index (χ4n) is 4.09. The molecule has 1 aliphatic rings. The first-order valence-electron chi connectivity index (χ1n) is 10.8. The molecule has 31 heavy (non-hydrogen) atoms. The first-order valence-corrected chi connectivity index (χ1v) is 12.3. The molecule has 0 spiro atoms. The lowest BCUT2D eigenvalue weighted by atomic mass is 9.98. The van der Waals surface area contributed by atoms with Crippen molar-refractivity contribution < 1.29 is 13.2 Å². The van der Waals surface area contributed by atoms with Gasteiger partial charge in [-0.1, -0.05) is 51.1 Å². The summed E-state index contributed by atoms with van der Waals surface area (Å²) < 4.78 is 27.6. The number of piperidine rings is 1. The summed E-state index contributed by atoms with van der Waals surface area (Å²) in [6.07, 6.45) is 3.27. The fourth-order valence-corrected chi connectivity index (χ4v) is 5.71. The van der Waals surface area contributed by atoms with Gasteiger partial charge in [-0.05, 0) is 48.4 Å². The molecule has 3 aromatic rings. The van der Waals surface area contributed by atoms with Crippen LogP contribution in [0.4, 0.5) is 0 Å². The van der Waals surface area contributed by atoms with Crippen LogP contribution in [0.2, 0.25) is 0 Å². The van der Waals surface area contributed by atoms with E-state index in [1.54, 1.807) is 35.2 Å². The summed E-state index contributed by atoms with van der Waals surface area (Å²) in [6.45, 7) is 7.58. The van der Waals surface area contributed by atoms with Crippen LogP contribution in [-0.2, 0) is 9.84 Å². The first kappa shape index (κ1) is 21.5. The Balaban J connectivity index is 1.87. The van der Waals surface area contributed by atoms with Gasteiger partial charge in [0.05, 0.1) is 20.9 Å². The van der Waals surface area contributed by atoms with Crippen molar-refractivity contribution in [1.82, 2.24) is 9.88 Å². The van der Waals surface area contributed by atoms with Crippen LogP contribution in [0.15, 0.2) is 64.5 Å². The molecular formula is C25H28N2O3S. The Morgan fingerprint density at radius 2 is 1.68 bits per heavy atom. The van der Waals surface area contributed by atoms with Gasteiger partial charge in [-0.25, -0.2) is 8.42 Å². The zero-order chi connectivity index (χ0) is 22.2. The van der Waals surface area contributed by atoms with Crippen molar-refractivity contribution in [2.75, 3.05) is 13.1 Å². The second-order valence-electron chi connectivity index (χ2n) is 8.72. The molecule has 0 N–H and O–H groups in total. The third-order valence-corrected chi connectivity index (χ3v) is 8.02. The maximum atomic E-state index is 13.8. The molecule has 1 amide bonds. The molecule has 0 bridgehead atoms. The number of nitrogens with zero attached hydrogens (tertiary/aromatic N) is 2. The third-order valence-electron chi connectivity index (χ3n) is 6.15. The lowest BCUT2D eigenvalue weighted by Gasteiger charge is -2.30. The van der Waals surface area contributed by atoms with E-state index in [9.17, 15) is 13.2 Å². The molecule has 2 heterocycles. The van der Waals surface area contributed by atoms with E-state index in [1.165, 1.54) is 6.20 Å². The third kappa shape index (κ3) is 4.09. The van der Waals surface area contributed by atoms with Crippen molar-refractivity contribution in [3.05, 3.63) is 65.9 Å². The maximum Gasteiger partial charge on any atom is 0.256 e. The van der Waals surface area contributed by atoms with E-state index in [4.69, 9.17) is 0 Å². The number of hydrogen-bond acceptors (Lipinski definition) is 4. The number of benzene rings is 2. The quantitative estimate of drug-likeness (QED) is 0.573. The first-order chi connectivity index (χ1) is 14.8. The monoisotopic (exact) mass is 436 g/mol. The van der Waals surface area contributed by atoms with Crippen molar-refractivity contribution >= 4 is 26.6 Å². The van der Waals surface area contributed by atoms with Gasteiger partial charge in [0.1, 0.15) is 0 Å². The van der Waals surface area contributed by atoms with Crippen LogP contribution < -0.4 is 0 Å². The van der Waals surface area contributed by atoms with Crippen LogP contribution in [0.25, 0.3) is 10.9 Å². The van der Waals surface area contributed by atoms with Crippen LogP contribution in [-0.4, -0.2) is 37.3 Å². The molecule has 1 saturated heterocycles. The number of sulfone groups is 1. The molecule has 162 valence electrons. The number of carbonyl (C=O) groups excluding carboxylic acids is 1. The summed E-state index contributed by atoms with van der Waals surface area (Å²) in [5.74, 6) is 0.612. The van der Waals surface area contributed by atoms with E-state index in [1.807, 2.05) is 18.2 Å². The molecule has 0 atom stereocenters. The normalized spacial score (nSPS) is 15.5. The van der Waals surface area contributed by atoms with Gasteiger partial charge in [0.15, 0.2) is 0 Å². The van der Waals surface area contributed by atoms with Gasteiger partial charge in [0, 0.05) is 24.7 Å². The smallest absolute Gasteiger partial charge is 0.256 e. The predicted octanol–water partition coefficient (Wildman–Crippen LogP) is 5.06. The van der Waals surface area contributed by atoms with Gasteiger partial charge in [0.2, 0.25) is 9.84 Å². The predicted molar refractivity (Wildman–Crippen MR) is 122 cm³/mol. The minimum Gasteiger partial charge on any atom is -0.339 e. The zero-order valence-corrected chi connectivity index (χ0v) is 19.0. The highest BCUT2D eigenvalue weighted by Gasteiger charge is 2.31. The number of aromatic nitrogens is 1. The number of likely N-dealkylation sites (tertiary alicyclic amines) is 1. The summed E-state index contributed by atoms with van der Waals surface area (Å²) in [7, 11) is -3.92. The topological polar surface area (TPSA) is 67.3 Å². The van der Waals surface area contributed by atoms with Crippen molar-refractivity contribution in [2.24, 2.45) is 5.92 Å². The van der Waals surface area contributed by atoms with Gasteiger partial charge < -0.3 is 4.90 Å². The number of hydrogen-bond donors (Lipinski definition) is 0. The molecule has 5 nitrogen and oxygen atoms in total. The SMILES string of the molecule is CC1CCN(C(=O)c2cnc3ccccc3c2S(=O)(=O)c2ccc(C(C)C)cc2)CC1. The highest BCUT2D eigenvalue weighted by atomic mass is 32.2. The molecule has 0 saturated carbocycles. The summed E-state index contributed by atoms with van der Waals surface area (Å²) >= 11 is 0. The Labute approximate surface area is 184 Å². The molecule has 1 aromatic heterocycles. The molecule has 2 aromatic carbocycles. The van der Waals surface area contributed by atoms with Crippen LogP contribution in [0.5, 0.6) is 0 Å². The van der Waals surface area contributed by atoms with Gasteiger partial charge in [-0.2, -0.15) is 0 Å². The summed E-state index contributed by atoms with van der Waals surface area (Å²) in [5.41, 5.74) is 1.78. The average Bonchev–Trinajstić information content (AvgIpc) is 2.78. The highest BCUT2D eigenvalue weighted by molar-refractivity contribution is 7.91. The molecule has 1 aliphatic heterocycles. The maximum absolute atomic E-state index is 13.8. The van der Waals surface area contributed by atoms with Crippen LogP contribution in [0.1, 0.15) is 55.5 Å². The molecule has 0 aliphatic carbocycles. The number of pyridine rings is 1. The Kier molecular flexibility index (Phi) is 5.84. The van der Waals surface area contributed by atoms with E-state index in [0.29, 0.717) is 35.8 Å². The standard InChI is InChI=1S/C25H28N2O3S/c1-17(2)19-8-10-20(11-9-19)31(29,30)24-21-6-4-5-7-23(21)26-16-22(24)25(28)27-14-12-18(3)13-15-27/h4-11,16-18H,12-15H2,1-3H3. The zero-order valence-electron chi connectivity index (χ0n) is 18.2. The Morgan fingerprint density at radius 3 is 2.32 bits per heavy atom. The minimum atomic E-state index is -3.92. The molecule has 1 fully saturated rings. The molecule has 0 unspecified atom stereocenters. The fraction of sp³-hybridized carbons (Fsp3) is 0.360. The number of para-hydroxylation sites is 1. The van der Waals surface area contributed by atoms with Crippen molar-refractivity contribution in [3.8, 4) is 0 Å². The molecule has 0 radical (unpaired) electrons. The number of carbonyl (C=O) groups is 1. The number of amides is 1. The van der Waals surface area contributed by atoms with E-state index < -0.39 is 9.84 Å². The molecule has 4 rings (SSSR count). The Hall–Kier alpha value is -2.73. The van der Waals surface area contributed by atoms with Crippen molar-refractivity contribution in [3.63, 3.8) is 0 Å². The molecule has 6 heteroatoms. The second-order valence-corrected chi connectivity index (χ2v) is 10.6. The number of fused-ring (bicyclic) bond motifs is 1. The van der Waals surface area contributed by atoms with E-state index >= 15 is 0 Å². The average molecular weight is 437 g/mol. The van der Waals surface area contributed by atoms with Crippen LogP contribution >= 0.6 is 0 Å². The van der Waals surface area contributed by atoms with Gasteiger partial charge in [-0.15, -0.1) is 0 Å². The Morgan fingerprint density at radius 1 is 1.03 bits per heavy atom. The minimum absolute atomic E-state index is 0.0546. The van der Waals surface area contributed by atoms with Crippen LogP contribution in [0, 0.1) is 5.92 Å². The summed E-state index contributed by atoms with van der Waals surface area (Å²) in [5, 5.41) is 0.478. The van der Waals surface area contributed by atoms with Crippen LogP contribution in [0.3, 0.4) is 0 Å².